The molecule has 8 aliphatic rings. The van der Waals surface area contributed by atoms with Gasteiger partial charge < -0.3 is 8.97 Å². The van der Waals surface area contributed by atoms with Gasteiger partial charge in [0, 0.05) is 61.2 Å². The molecule has 4 saturated carbocycles. The van der Waals surface area contributed by atoms with Crippen molar-refractivity contribution < 1.29 is 0 Å². The first-order chi connectivity index (χ1) is 25.7. The Hall–Kier alpha value is -4.77. The number of rotatable bonds is 1. The monoisotopic (exact) mass is 676 g/mol. The summed E-state index contributed by atoms with van der Waals surface area (Å²) in [7, 11) is 0. The van der Waals surface area contributed by atoms with Crippen molar-refractivity contribution in [3.63, 3.8) is 0 Å². The van der Waals surface area contributed by atoms with E-state index in [4.69, 9.17) is 9.97 Å². The van der Waals surface area contributed by atoms with Crippen LogP contribution in [0.15, 0.2) is 77.9 Å². The maximum absolute atomic E-state index is 15.1. The Morgan fingerprint density at radius 1 is 0.500 bits per heavy atom. The third kappa shape index (κ3) is 3.28. The zero-order valence-corrected chi connectivity index (χ0v) is 29.3. The normalized spacial score (nSPS) is 30.0. The molecule has 3 aromatic carbocycles. The number of fused-ring (bicyclic) bond motifs is 9. The molecule has 4 unspecified atom stereocenters. The van der Waals surface area contributed by atoms with Gasteiger partial charge in [0.2, 0.25) is 0 Å². The van der Waals surface area contributed by atoms with Gasteiger partial charge in [-0.3, -0.25) is 14.8 Å². The van der Waals surface area contributed by atoms with Gasteiger partial charge in [-0.25, -0.2) is 0 Å². The summed E-state index contributed by atoms with van der Waals surface area (Å²) < 4.78 is 4.99. The first kappa shape index (κ1) is 27.8. The van der Waals surface area contributed by atoms with Crippen LogP contribution < -0.4 is 5.43 Å². The minimum Gasteiger partial charge on any atom is -0.308 e. The summed E-state index contributed by atoms with van der Waals surface area (Å²) in [5.41, 5.74) is 12.7. The molecule has 0 radical (unpaired) electrons. The standard InChI is InChI=1S/C47H40N4O/c52-47-32-8-4-5-9-35(32)50(31-6-2-1-3-7-31)46-34(47)20-33-40-36(21-48-43-29-16-23-10-24(17-29)13-27(12-23)38(40)43)51-37-22-49-44-30-18-25-11-26(19-30)15-28(14-25)39(44)41(37)42(46)45(33)51/h1-9,20-30H,10-19H2. The van der Waals surface area contributed by atoms with Crippen molar-refractivity contribution in [2.75, 3.05) is 0 Å². The molecule has 0 saturated heterocycles. The molecule has 0 N–H and O–H groups in total. The molecule has 4 fully saturated rings. The molecule has 5 heterocycles. The zero-order valence-electron chi connectivity index (χ0n) is 29.3. The molecule has 254 valence electrons. The molecule has 4 atom stereocenters. The van der Waals surface area contributed by atoms with E-state index in [1.807, 2.05) is 12.1 Å². The Morgan fingerprint density at radius 3 is 1.71 bits per heavy atom. The Kier molecular flexibility index (Phi) is 5.04. The van der Waals surface area contributed by atoms with Crippen molar-refractivity contribution >= 4 is 59.9 Å². The fourth-order valence-corrected chi connectivity index (χ4v) is 14.1. The maximum atomic E-state index is 15.1. The van der Waals surface area contributed by atoms with E-state index in [1.165, 1.54) is 125 Å². The summed E-state index contributed by atoms with van der Waals surface area (Å²) in [6.07, 6.45) is 17.5. The maximum Gasteiger partial charge on any atom is 0.197 e. The van der Waals surface area contributed by atoms with Crippen LogP contribution in [0.1, 0.15) is 110 Å². The van der Waals surface area contributed by atoms with E-state index < -0.39 is 0 Å². The summed E-state index contributed by atoms with van der Waals surface area (Å²) in [6, 6.07) is 21.4. The molecule has 0 amide bonds. The van der Waals surface area contributed by atoms with Crippen molar-refractivity contribution in [1.82, 2.24) is 18.9 Å². The van der Waals surface area contributed by atoms with Gasteiger partial charge in [0.15, 0.2) is 5.43 Å². The van der Waals surface area contributed by atoms with Gasteiger partial charge in [-0.2, -0.15) is 0 Å². The second-order valence-electron chi connectivity index (χ2n) is 18.1. The van der Waals surface area contributed by atoms with Crippen molar-refractivity contribution in [3.05, 3.63) is 106 Å². The lowest BCUT2D eigenvalue weighted by atomic mass is 9.67. The van der Waals surface area contributed by atoms with E-state index in [-0.39, 0.29) is 5.43 Å². The molecular weight excluding hydrogens is 637 g/mol. The molecule has 0 spiro atoms. The average molecular weight is 677 g/mol. The number of para-hydroxylation sites is 2. The minimum absolute atomic E-state index is 0.144. The van der Waals surface area contributed by atoms with E-state index in [9.17, 15) is 0 Å². The second-order valence-corrected chi connectivity index (χ2v) is 18.1. The van der Waals surface area contributed by atoms with Gasteiger partial charge in [0.05, 0.1) is 40.0 Å². The van der Waals surface area contributed by atoms with Crippen molar-refractivity contribution in [2.24, 2.45) is 23.7 Å². The highest BCUT2D eigenvalue weighted by atomic mass is 16.1. The topological polar surface area (TPSA) is 52.2 Å². The largest absolute Gasteiger partial charge is 0.308 e. The predicted octanol–water partition coefficient (Wildman–Crippen LogP) is 10.9. The van der Waals surface area contributed by atoms with E-state index in [2.05, 4.69) is 69.9 Å². The molecule has 16 rings (SSSR count). The summed E-state index contributed by atoms with van der Waals surface area (Å²) in [4.78, 5) is 26.0. The quantitative estimate of drug-likeness (QED) is 0.163. The number of aromatic nitrogens is 4. The molecule has 5 nitrogen and oxygen atoms in total. The van der Waals surface area contributed by atoms with Crippen LogP contribution in [-0.2, 0) is 0 Å². The van der Waals surface area contributed by atoms with Crippen LogP contribution in [0, 0.1) is 23.7 Å². The Labute approximate surface area is 301 Å². The fourth-order valence-electron chi connectivity index (χ4n) is 14.1. The molecule has 5 heteroatoms. The van der Waals surface area contributed by atoms with Gasteiger partial charge >= 0.3 is 0 Å². The van der Waals surface area contributed by atoms with Crippen LogP contribution >= 0.6 is 0 Å². The summed E-state index contributed by atoms with van der Waals surface area (Å²) in [5.74, 6) is 5.42. The molecule has 8 bridgehead atoms. The number of pyridine rings is 3. The van der Waals surface area contributed by atoms with Crippen LogP contribution in [-0.4, -0.2) is 18.9 Å². The Bertz CT molecular complexity index is 2930. The van der Waals surface area contributed by atoms with Gasteiger partial charge in [-0.15, -0.1) is 0 Å². The fraction of sp³-hybridized carbons (Fsp3) is 0.383. The van der Waals surface area contributed by atoms with Crippen LogP contribution in [0.4, 0.5) is 0 Å². The lowest BCUT2D eigenvalue weighted by molar-refractivity contribution is 0.165. The van der Waals surface area contributed by atoms with E-state index in [1.54, 1.807) is 0 Å². The van der Waals surface area contributed by atoms with E-state index in [0.29, 0.717) is 23.7 Å². The molecule has 5 aromatic heterocycles. The van der Waals surface area contributed by atoms with Crippen molar-refractivity contribution in [2.45, 2.75) is 87.9 Å². The van der Waals surface area contributed by atoms with Gasteiger partial charge in [0.1, 0.15) is 0 Å². The SMILES string of the molecule is O=c1c2ccccc2n(-c2ccccc2)c2c1cc1c3c4c(ncc3n3c5cnc6c(c5c2c13)C1CC2CC(CC6C2)C1)C1CC2CC(C1)CC4C2. The Balaban J connectivity index is 1.25. The molecule has 52 heavy (non-hydrogen) atoms. The predicted molar refractivity (Wildman–Crippen MR) is 208 cm³/mol. The van der Waals surface area contributed by atoms with E-state index in [0.717, 1.165) is 51.2 Å². The second kappa shape index (κ2) is 9.41. The van der Waals surface area contributed by atoms with Gasteiger partial charge in [-0.1, -0.05) is 30.3 Å². The molecule has 0 aliphatic heterocycles. The average Bonchev–Trinajstić information content (AvgIpc) is 3.55. The molecular formula is C47H40N4O. The highest BCUT2D eigenvalue weighted by Crippen LogP contribution is 2.60. The third-order valence-electron chi connectivity index (χ3n) is 15.5. The lowest BCUT2D eigenvalue weighted by Gasteiger charge is -2.38. The Morgan fingerprint density at radius 2 is 1.06 bits per heavy atom. The lowest BCUT2D eigenvalue weighted by Crippen LogP contribution is -2.25. The number of nitrogens with zero attached hydrogens (tertiary/aromatic N) is 4. The number of hydrogen-bond acceptors (Lipinski definition) is 3. The van der Waals surface area contributed by atoms with Gasteiger partial charge in [0.25, 0.3) is 0 Å². The van der Waals surface area contributed by atoms with Crippen LogP contribution in [0.3, 0.4) is 0 Å². The van der Waals surface area contributed by atoms with Crippen molar-refractivity contribution in [3.8, 4) is 5.69 Å². The highest BCUT2D eigenvalue weighted by Gasteiger charge is 2.46. The summed E-state index contributed by atoms with van der Waals surface area (Å²) in [6.45, 7) is 0. The summed E-state index contributed by atoms with van der Waals surface area (Å²) in [5, 5.41) is 6.89. The van der Waals surface area contributed by atoms with Crippen LogP contribution in [0.5, 0.6) is 0 Å². The highest BCUT2D eigenvalue weighted by molar-refractivity contribution is 6.32. The van der Waals surface area contributed by atoms with Crippen LogP contribution in [0.2, 0.25) is 0 Å². The smallest absolute Gasteiger partial charge is 0.197 e. The molecule has 8 aliphatic carbocycles. The zero-order chi connectivity index (χ0) is 33.6. The van der Waals surface area contributed by atoms with Crippen molar-refractivity contribution in [1.29, 1.82) is 0 Å². The number of benzene rings is 3. The summed E-state index contributed by atoms with van der Waals surface area (Å²) >= 11 is 0. The molecule has 8 aromatic rings. The third-order valence-corrected chi connectivity index (χ3v) is 15.5. The first-order valence-corrected chi connectivity index (χ1v) is 20.2. The number of hydrogen-bond donors (Lipinski definition) is 0. The van der Waals surface area contributed by atoms with E-state index >= 15 is 4.79 Å². The van der Waals surface area contributed by atoms with Crippen LogP contribution in [0.25, 0.3) is 65.6 Å². The minimum atomic E-state index is 0.144. The van der Waals surface area contributed by atoms with Gasteiger partial charge in [-0.05, 0) is 141 Å². The first-order valence-electron chi connectivity index (χ1n) is 20.2.